The Kier molecular flexibility index (Phi) is 7.18. The number of ketones is 1. The molecule has 0 spiro atoms. The minimum absolute atomic E-state index is 0. The highest BCUT2D eigenvalue weighted by atomic mass is 35.5. The molecule has 1 aliphatic rings. The first-order valence-corrected chi connectivity index (χ1v) is 10.2. The second-order valence-corrected chi connectivity index (χ2v) is 7.81. The van der Waals surface area contributed by atoms with E-state index in [0.29, 0.717) is 28.8 Å². The Hall–Kier alpha value is -2.35. The van der Waals surface area contributed by atoms with Crippen LogP contribution in [0.5, 0.6) is 0 Å². The first-order chi connectivity index (χ1) is 14.0. The second kappa shape index (κ2) is 9.64. The Bertz CT molecular complexity index is 1150. The summed E-state index contributed by atoms with van der Waals surface area (Å²) in [5.74, 6) is -0.292. The summed E-state index contributed by atoms with van der Waals surface area (Å²) >= 11 is 5.37. The lowest BCUT2D eigenvalue weighted by molar-refractivity contribution is -0.0000147. The van der Waals surface area contributed by atoms with E-state index < -0.39 is 0 Å². The summed E-state index contributed by atoms with van der Waals surface area (Å²) in [6, 6.07) is 13.1. The molecule has 0 unspecified atom stereocenters. The maximum absolute atomic E-state index is 13.1. The second-order valence-electron chi connectivity index (χ2n) is 7.42. The van der Waals surface area contributed by atoms with Gasteiger partial charge in [-0.25, -0.2) is 4.39 Å². The Labute approximate surface area is 184 Å². The van der Waals surface area contributed by atoms with Gasteiger partial charge in [0.05, 0.1) is 10.9 Å². The van der Waals surface area contributed by atoms with Gasteiger partial charge in [-0.1, -0.05) is 12.1 Å². The average Bonchev–Trinajstić information content (AvgIpc) is 2.74. The number of piperidine rings is 1. The van der Waals surface area contributed by atoms with E-state index in [1.54, 1.807) is 22.8 Å². The topological polar surface area (TPSA) is 58.1 Å². The molecular weight excluding hydrogens is 425 g/mol. The zero-order valence-corrected chi connectivity index (χ0v) is 17.9. The number of benzene rings is 2. The summed E-state index contributed by atoms with van der Waals surface area (Å²) in [6.07, 6.45) is 1.52. The van der Waals surface area contributed by atoms with E-state index in [2.05, 4.69) is 9.88 Å². The molecule has 158 valence electrons. The van der Waals surface area contributed by atoms with E-state index in [9.17, 15) is 14.0 Å². The van der Waals surface area contributed by atoms with Gasteiger partial charge in [-0.2, -0.15) is 0 Å². The summed E-state index contributed by atoms with van der Waals surface area (Å²) in [5, 5.41) is 0.629. The normalized spacial score (nSPS) is 15.1. The molecule has 0 saturated carbocycles. The van der Waals surface area contributed by atoms with Crippen LogP contribution in [0.2, 0.25) is 0 Å². The molecule has 8 heteroatoms. The number of para-hydroxylation sites is 1. The van der Waals surface area contributed by atoms with Crippen LogP contribution in [0.3, 0.4) is 0 Å². The summed E-state index contributed by atoms with van der Waals surface area (Å²) in [7, 11) is 0. The Morgan fingerprint density at radius 2 is 1.73 bits per heavy atom. The summed E-state index contributed by atoms with van der Waals surface area (Å²) in [5.41, 5.74) is 1.24. The number of rotatable bonds is 5. The van der Waals surface area contributed by atoms with E-state index in [1.807, 2.05) is 18.2 Å². The highest BCUT2D eigenvalue weighted by Gasteiger charge is 2.25. The largest absolute Gasteiger partial charge is 1.00 e. The van der Waals surface area contributed by atoms with E-state index in [0.717, 1.165) is 31.4 Å². The zero-order valence-electron chi connectivity index (χ0n) is 16.3. The molecule has 4 rings (SSSR count). The maximum atomic E-state index is 13.1. The summed E-state index contributed by atoms with van der Waals surface area (Å²) in [4.78, 5) is 30.7. The van der Waals surface area contributed by atoms with Gasteiger partial charge in [0.15, 0.2) is 10.6 Å². The monoisotopic (exact) mass is 446 g/mol. The number of nitrogens with zero attached hydrogens (tertiary/aromatic N) is 2. The zero-order chi connectivity index (χ0) is 20.4. The molecule has 30 heavy (non-hydrogen) atoms. The molecule has 2 aromatic carbocycles. The molecule has 0 aliphatic carbocycles. The van der Waals surface area contributed by atoms with Gasteiger partial charge >= 0.3 is 0 Å². The van der Waals surface area contributed by atoms with Gasteiger partial charge in [-0.05, 0) is 74.5 Å². The number of carbonyl (C=O) groups excluding carboxylic acids is 1. The minimum Gasteiger partial charge on any atom is -1.00 e. The number of H-pyrrole nitrogens is 1. The molecule has 2 heterocycles. The number of nitrogens with one attached hydrogen (secondary N) is 1. The molecule has 1 aromatic heterocycles. The van der Waals surface area contributed by atoms with Crippen molar-refractivity contribution in [3.63, 3.8) is 0 Å². The first-order valence-electron chi connectivity index (χ1n) is 9.77. The fourth-order valence-electron chi connectivity index (χ4n) is 3.91. The van der Waals surface area contributed by atoms with E-state index in [-0.39, 0.29) is 35.5 Å². The van der Waals surface area contributed by atoms with Crippen molar-refractivity contribution in [3.05, 3.63) is 75.0 Å². The van der Waals surface area contributed by atoms with Gasteiger partial charge in [0.2, 0.25) is 0 Å². The van der Waals surface area contributed by atoms with Gasteiger partial charge in [0.1, 0.15) is 5.82 Å². The number of hydrogen-bond donors (Lipinski definition) is 1. The van der Waals surface area contributed by atoms with Crippen molar-refractivity contribution >= 4 is 28.9 Å². The third-order valence-corrected chi connectivity index (χ3v) is 5.94. The first kappa shape index (κ1) is 22.3. The third kappa shape index (κ3) is 4.69. The third-order valence-electron chi connectivity index (χ3n) is 5.62. The molecule has 1 N–H and O–H groups in total. The van der Waals surface area contributed by atoms with Crippen molar-refractivity contribution in [3.8, 4) is 0 Å². The molecular formula is C22H22ClFN3O2S-. The molecule has 0 bridgehead atoms. The van der Waals surface area contributed by atoms with Crippen LogP contribution in [-0.2, 0) is 6.54 Å². The van der Waals surface area contributed by atoms with Crippen LogP contribution >= 0.6 is 12.2 Å². The van der Waals surface area contributed by atoms with Gasteiger partial charge in [0, 0.05) is 24.6 Å². The Morgan fingerprint density at radius 3 is 2.43 bits per heavy atom. The predicted molar refractivity (Wildman–Crippen MR) is 113 cm³/mol. The summed E-state index contributed by atoms with van der Waals surface area (Å²) in [6.45, 7) is 2.79. The molecule has 1 saturated heterocycles. The smallest absolute Gasteiger partial charge is 0.262 e. The molecule has 0 radical (unpaired) electrons. The van der Waals surface area contributed by atoms with Crippen LogP contribution in [0.1, 0.15) is 23.2 Å². The Balaban J connectivity index is 0.00000256. The highest BCUT2D eigenvalue weighted by Crippen LogP contribution is 2.22. The van der Waals surface area contributed by atoms with Crippen LogP contribution in [-0.4, -0.2) is 39.9 Å². The number of aromatic nitrogens is 2. The quantitative estimate of drug-likeness (QED) is 0.465. The minimum atomic E-state index is -0.335. The highest BCUT2D eigenvalue weighted by molar-refractivity contribution is 7.71. The molecule has 0 amide bonds. The molecule has 5 nitrogen and oxygen atoms in total. The summed E-state index contributed by atoms with van der Waals surface area (Å²) < 4.78 is 15.1. The number of hydrogen-bond acceptors (Lipinski definition) is 4. The predicted octanol–water partition coefficient (Wildman–Crippen LogP) is 0.797. The standard InChI is InChI=1S/C22H22FN3O2S.ClH/c23-17-7-5-15(6-8-17)20(27)16-9-11-25(12-10-16)13-14-26-21(28)18-3-1-2-4-19(18)24-22(26)29;/h1-8,16H,9-14H2,(H,24,29);1H/p-1. The lowest BCUT2D eigenvalue weighted by Gasteiger charge is -2.31. The van der Waals surface area contributed by atoms with Crippen LogP contribution in [0.25, 0.3) is 10.9 Å². The van der Waals surface area contributed by atoms with Crippen LogP contribution in [0.15, 0.2) is 53.3 Å². The van der Waals surface area contributed by atoms with Crippen molar-refractivity contribution in [2.24, 2.45) is 5.92 Å². The van der Waals surface area contributed by atoms with Gasteiger partial charge < -0.3 is 22.3 Å². The lowest BCUT2D eigenvalue weighted by atomic mass is 9.89. The van der Waals surface area contributed by atoms with Gasteiger partial charge in [-0.3, -0.25) is 14.2 Å². The Morgan fingerprint density at radius 1 is 1.07 bits per heavy atom. The van der Waals surface area contributed by atoms with E-state index in [1.165, 1.54) is 12.1 Å². The van der Waals surface area contributed by atoms with Gasteiger partial charge in [0.25, 0.3) is 5.56 Å². The van der Waals surface area contributed by atoms with Crippen molar-refractivity contribution < 1.29 is 21.6 Å². The number of carbonyl (C=O) groups is 1. The van der Waals surface area contributed by atoms with Crippen LogP contribution < -0.4 is 18.0 Å². The molecule has 1 fully saturated rings. The fraction of sp³-hybridized carbons (Fsp3) is 0.318. The number of halogens is 2. The van der Waals surface area contributed by atoms with Crippen LogP contribution in [0.4, 0.5) is 4.39 Å². The SMILES string of the molecule is O=C(c1ccc(F)cc1)C1CCN(CCn2c(=S)[nH]c3ccccc3c2=O)CC1.[Cl-]. The van der Waals surface area contributed by atoms with Crippen LogP contribution in [0, 0.1) is 16.5 Å². The van der Waals surface area contributed by atoms with E-state index >= 15 is 0 Å². The van der Waals surface area contributed by atoms with Crippen molar-refractivity contribution in [1.29, 1.82) is 0 Å². The molecule has 0 atom stereocenters. The average molecular weight is 447 g/mol. The molecule has 1 aliphatic heterocycles. The maximum Gasteiger partial charge on any atom is 0.262 e. The van der Waals surface area contributed by atoms with Gasteiger partial charge in [-0.15, -0.1) is 0 Å². The van der Waals surface area contributed by atoms with Crippen molar-refractivity contribution in [2.45, 2.75) is 19.4 Å². The lowest BCUT2D eigenvalue weighted by Crippen LogP contribution is -3.00. The number of aromatic amines is 1. The van der Waals surface area contributed by atoms with E-state index in [4.69, 9.17) is 12.2 Å². The fourth-order valence-corrected chi connectivity index (χ4v) is 4.20. The molecule has 3 aromatic rings. The number of Topliss-reactive ketones (excluding diaryl/α,β-unsaturated/α-hetero) is 1. The number of fused-ring (bicyclic) bond motifs is 1. The van der Waals surface area contributed by atoms with Crippen molar-refractivity contribution in [1.82, 2.24) is 14.5 Å². The number of likely N-dealkylation sites (tertiary alicyclic amines) is 1. The van der Waals surface area contributed by atoms with Crippen molar-refractivity contribution in [2.75, 3.05) is 19.6 Å².